The van der Waals surface area contributed by atoms with Gasteiger partial charge >= 0.3 is 0 Å². The Morgan fingerprint density at radius 2 is 2.00 bits per heavy atom. The summed E-state index contributed by atoms with van der Waals surface area (Å²) in [7, 11) is 0. The third-order valence-corrected chi connectivity index (χ3v) is 1.88. The van der Waals surface area contributed by atoms with Gasteiger partial charge in [-0.2, -0.15) is 5.26 Å². The molecule has 0 unspecified atom stereocenters. The monoisotopic (exact) mass is 196 g/mol. The van der Waals surface area contributed by atoms with Gasteiger partial charge in [0.15, 0.2) is 0 Å². The van der Waals surface area contributed by atoms with Gasteiger partial charge in [-0.15, -0.1) is 0 Å². The molecule has 2 aromatic rings. The van der Waals surface area contributed by atoms with Crippen LogP contribution >= 0.6 is 0 Å². The van der Waals surface area contributed by atoms with E-state index in [2.05, 4.69) is 21.4 Å². The molecular weight excluding hydrogens is 188 g/mol. The van der Waals surface area contributed by atoms with Gasteiger partial charge < -0.3 is 5.32 Å². The maximum Gasteiger partial charge on any atom is 0.101 e. The van der Waals surface area contributed by atoms with E-state index in [9.17, 15) is 0 Å². The number of pyridine rings is 2. The van der Waals surface area contributed by atoms with E-state index in [1.54, 1.807) is 30.9 Å². The molecule has 0 aliphatic rings. The Hall–Kier alpha value is -2.41. The van der Waals surface area contributed by atoms with Crippen LogP contribution < -0.4 is 5.32 Å². The summed E-state index contributed by atoms with van der Waals surface area (Å²) < 4.78 is 0. The minimum absolute atomic E-state index is 0.564. The van der Waals surface area contributed by atoms with E-state index in [4.69, 9.17) is 5.26 Å². The molecule has 0 saturated carbocycles. The van der Waals surface area contributed by atoms with Crippen LogP contribution in [0, 0.1) is 11.3 Å². The number of rotatable bonds is 2. The zero-order chi connectivity index (χ0) is 10.5. The molecule has 2 heterocycles. The van der Waals surface area contributed by atoms with Crippen molar-refractivity contribution < 1.29 is 0 Å². The summed E-state index contributed by atoms with van der Waals surface area (Å²) in [5.74, 6) is 0. The largest absolute Gasteiger partial charge is 0.352 e. The summed E-state index contributed by atoms with van der Waals surface area (Å²) in [6.45, 7) is 0. The van der Waals surface area contributed by atoms with E-state index in [1.165, 1.54) is 0 Å². The van der Waals surface area contributed by atoms with Gasteiger partial charge in [0, 0.05) is 12.4 Å². The summed E-state index contributed by atoms with van der Waals surface area (Å²) in [6, 6.07) is 7.46. The lowest BCUT2D eigenvalue weighted by atomic mass is 10.2. The lowest BCUT2D eigenvalue weighted by Gasteiger charge is -2.05. The number of aromatic nitrogens is 2. The lowest BCUT2D eigenvalue weighted by molar-refractivity contribution is 1.28. The number of hydrogen-bond acceptors (Lipinski definition) is 4. The third-order valence-electron chi connectivity index (χ3n) is 1.88. The van der Waals surface area contributed by atoms with Crippen molar-refractivity contribution in [3.8, 4) is 6.07 Å². The molecule has 0 bridgehead atoms. The van der Waals surface area contributed by atoms with E-state index < -0.39 is 0 Å². The summed E-state index contributed by atoms with van der Waals surface area (Å²) in [4.78, 5) is 7.93. The van der Waals surface area contributed by atoms with Crippen molar-refractivity contribution in [1.29, 1.82) is 5.26 Å². The van der Waals surface area contributed by atoms with Gasteiger partial charge in [-0.1, -0.05) is 0 Å². The van der Waals surface area contributed by atoms with E-state index >= 15 is 0 Å². The maximum absolute atomic E-state index is 8.86. The quantitative estimate of drug-likeness (QED) is 0.798. The first-order chi connectivity index (χ1) is 7.40. The van der Waals surface area contributed by atoms with Crippen LogP contribution in [0.5, 0.6) is 0 Å². The number of nitrogens with one attached hydrogen (secondary N) is 1. The predicted octanol–water partition coefficient (Wildman–Crippen LogP) is 2.09. The van der Waals surface area contributed by atoms with Crippen LogP contribution in [0.15, 0.2) is 43.0 Å². The molecule has 72 valence electrons. The topological polar surface area (TPSA) is 61.6 Å². The van der Waals surface area contributed by atoms with Crippen LogP contribution in [-0.4, -0.2) is 9.97 Å². The summed E-state index contributed by atoms with van der Waals surface area (Å²) in [5.41, 5.74) is 2.09. The lowest BCUT2D eigenvalue weighted by Crippen LogP contribution is -1.94. The van der Waals surface area contributed by atoms with Crippen LogP contribution in [0.25, 0.3) is 0 Å². The van der Waals surface area contributed by atoms with Crippen molar-refractivity contribution in [3.05, 3.63) is 48.5 Å². The molecule has 0 aliphatic carbocycles. The highest BCUT2D eigenvalue weighted by atomic mass is 14.9. The van der Waals surface area contributed by atoms with E-state index in [-0.39, 0.29) is 0 Å². The average Bonchev–Trinajstić information content (AvgIpc) is 2.31. The third kappa shape index (κ3) is 2.09. The van der Waals surface area contributed by atoms with Crippen molar-refractivity contribution >= 4 is 11.4 Å². The minimum Gasteiger partial charge on any atom is -0.352 e. The van der Waals surface area contributed by atoms with Crippen LogP contribution in [0.4, 0.5) is 11.4 Å². The molecule has 0 radical (unpaired) electrons. The Labute approximate surface area is 87.2 Å². The van der Waals surface area contributed by atoms with Gasteiger partial charge in [0.2, 0.25) is 0 Å². The molecule has 0 amide bonds. The molecule has 0 spiro atoms. The van der Waals surface area contributed by atoms with Crippen molar-refractivity contribution in [2.45, 2.75) is 0 Å². The Kier molecular flexibility index (Phi) is 2.56. The summed E-state index contributed by atoms with van der Waals surface area (Å²) >= 11 is 0. The highest BCUT2D eigenvalue weighted by Crippen LogP contribution is 2.17. The Bertz CT molecular complexity index is 487. The molecule has 1 N–H and O–H groups in total. The molecule has 4 heteroatoms. The molecule has 2 aromatic heterocycles. The molecular formula is C11H8N4. The van der Waals surface area contributed by atoms with Crippen LogP contribution in [0.3, 0.4) is 0 Å². The fourth-order valence-electron chi connectivity index (χ4n) is 1.18. The maximum atomic E-state index is 8.86. The number of nitrogens with zero attached hydrogens (tertiary/aromatic N) is 3. The van der Waals surface area contributed by atoms with Gasteiger partial charge in [-0.25, -0.2) is 0 Å². The summed E-state index contributed by atoms with van der Waals surface area (Å²) in [6.07, 6.45) is 6.59. The van der Waals surface area contributed by atoms with E-state index in [1.807, 2.05) is 12.1 Å². The zero-order valence-electron chi connectivity index (χ0n) is 7.88. The van der Waals surface area contributed by atoms with Gasteiger partial charge in [-0.3, -0.25) is 9.97 Å². The molecule has 4 nitrogen and oxygen atoms in total. The van der Waals surface area contributed by atoms with Gasteiger partial charge in [0.1, 0.15) is 6.07 Å². The molecule has 0 fully saturated rings. The van der Waals surface area contributed by atoms with Crippen LogP contribution in [0.1, 0.15) is 5.56 Å². The minimum atomic E-state index is 0.564. The number of nitriles is 1. The van der Waals surface area contributed by atoms with E-state index in [0.717, 1.165) is 5.69 Å². The Balaban J connectivity index is 2.29. The second-order valence-corrected chi connectivity index (χ2v) is 2.90. The van der Waals surface area contributed by atoms with Gasteiger partial charge in [0.05, 0.1) is 29.3 Å². The van der Waals surface area contributed by atoms with Crippen molar-refractivity contribution in [2.75, 3.05) is 5.32 Å². The van der Waals surface area contributed by atoms with Crippen molar-refractivity contribution in [3.63, 3.8) is 0 Å². The van der Waals surface area contributed by atoms with Crippen LogP contribution in [0.2, 0.25) is 0 Å². The predicted molar refractivity (Wildman–Crippen MR) is 56.5 cm³/mol. The number of anilines is 2. The van der Waals surface area contributed by atoms with Crippen LogP contribution in [-0.2, 0) is 0 Å². The Morgan fingerprint density at radius 1 is 1.13 bits per heavy atom. The molecule has 0 saturated heterocycles. The van der Waals surface area contributed by atoms with Gasteiger partial charge in [0.25, 0.3) is 0 Å². The fraction of sp³-hybridized carbons (Fsp3) is 0. The van der Waals surface area contributed by atoms with Crippen molar-refractivity contribution in [2.24, 2.45) is 0 Å². The standard InChI is InChI=1S/C11H8N4/c12-6-9-3-5-14-8-11(9)15-10-2-1-4-13-7-10/h1-5,7-8,15H. The smallest absolute Gasteiger partial charge is 0.101 e. The second-order valence-electron chi connectivity index (χ2n) is 2.90. The second kappa shape index (κ2) is 4.20. The summed E-state index contributed by atoms with van der Waals surface area (Å²) in [5, 5.41) is 11.9. The first-order valence-electron chi connectivity index (χ1n) is 4.41. The Morgan fingerprint density at radius 3 is 2.73 bits per heavy atom. The highest BCUT2D eigenvalue weighted by Gasteiger charge is 2.00. The normalized spacial score (nSPS) is 9.27. The first kappa shape index (κ1) is 9.16. The molecule has 0 aromatic carbocycles. The SMILES string of the molecule is N#Cc1ccncc1Nc1cccnc1. The molecule has 15 heavy (non-hydrogen) atoms. The highest BCUT2D eigenvalue weighted by molar-refractivity contribution is 5.64. The molecule has 2 rings (SSSR count). The molecule has 0 aliphatic heterocycles. The number of hydrogen-bond donors (Lipinski definition) is 1. The molecule has 0 atom stereocenters. The van der Waals surface area contributed by atoms with Gasteiger partial charge in [-0.05, 0) is 18.2 Å². The van der Waals surface area contributed by atoms with E-state index in [0.29, 0.717) is 11.3 Å². The first-order valence-corrected chi connectivity index (χ1v) is 4.41. The average molecular weight is 196 g/mol. The van der Waals surface area contributed by atoms with Crippen molar-refractivity contribution in [1.82, 2.24) is 9.97 Å². The fourth-order valence-corrected chi connectivity index (χ4v) is 1.18. The zero-order valence-corrected chi connectivity index (χ0v) is 7.88.